The molecule has 0 aliphatic carbocycles. The minimum Gasteiger partial charge on any atom is -0.494 e. The van der Waals surface area contributed by atoms with E-state index in [0.29, 0.717) is 42.0 Å². The van der Waals surface area contributed by atoms with Crippen LogP contribution in [0.2, 0.25) is 5.02 Å². The zero-order chi connectivity index (χ0) is 20.5. The van der Waals surface area contributed by atoms with Crippen LogP contribution in [0.25, 0.3) is 10.8 Å². The molecule has 1 aliphatic rings. The van der Waals surface area contributed by atoms with Crippen LogP contribution in [0.5, 0.6) is 5.75 Å². The van der Waals surface area contributed by atoms with E-state index in [2.05, 4.69) is 15.0 Å². The summed E-state index contributed by atoms with van der Waals surface area (Å²) in [6.45, 7) is 2.31. The van der Waals surface area contributed by atoms with Gasteiger partial charge in [-0.1, -0.05) is 11.6 Å². The average molecular weight is 414 g/mol. The lowest BCUT2D eigenvalue weighted by Gasteiger charge is -2.36. The second-order valence-corrected chi connectivity index (χ2v) is 7.23. The van der Waals surface area contributed by atoms with Gasteiger partial charge in [-0.3, -0.25) is 14.6 Å². The van der Waals surface area contributed by atoms with E-state index in [1.54, 1.807) is 49.7 Å². The lowest BCUT2D eigenvalue weighted by atomic mass is 10.1. The maximum absolute atomic E-state index is 13.2. The Morgan fingerprint density at radius 1 is 1.14 bits per heavy atom. The van der Waals surface area contributed by atoms with Crippen molar-refractivity contribution in [3.63, 3.8) is 0 Å². The van der Waals surface area contributed by atoms with Crippen LogP contribution in [0.15, 0.2) is 41.5 Å². The van der Waals surface area contributed by atoms with Crippen LogP contribution in [-0.4, -0.2) is 58.9 Å². The maximum atomic E-state index is 13.2. The predicted molar refractivity (Wildman–Crippen MR) is 111 cm³/mol. The van der Waals surface area contributed by atoms with Crippen LogP contribution in [0.1, 0.15) is 10.5 Å². The number of piperazine rings is 1. The highest BCUT2D eigenvalue weighted by atomic mass is 35.5. The van der Waals surface area contributed by atoms with Crippen molar-refractivity contribution in [1.29, 1.82) is 0 Å². The van der Waals surface area contributed by atoms with Crippen molar-refractivity contribution >= 4 is 34.0 Å². The van der Waals surface area contributed by atoms with E-state index in [4.69, 9.17) is 16.3 Å². The summed E-state index contributed by atoms with van der Waals surface area (Å²) in [6.07, 6.45) is 3.45. The van der Waals surface area contributed by atoms with Crippen molar-refractivity contribution in [2.75, 3.05) is 38.2 Å². The molecule has 9 heteroatoms. The summed E-state index contributed by atoms with van der Waals surface area (Å²) >= 11 is 6.10. The summed E-state index contributed by atoms with van der Waals surface area (Å²) in [4.78, 5) is 33.6. The molecule has 4 rings (SSSR count). The second kappa shape index (κ2) is 7.71. The van der Waals surface area contributed by atoms with Crippen LogP contribution < -0.4 is 15.2 Å². The number of methoxy groups -OCH3 is 1. The van der Waals surface area contributed by atoms with Gasteiger partial charge in [-0.05, 0) is 18.2 Å². The number of nitrogens with zero attached hydrogens (tertiary/aromatic N) is 5. The number of carbonyl (C=O) groups excluding carboxylic acids is 1. The van der Waals surface area contributed by atoms with E-state index in [0.717, 1.165) is 11.4 Å². The number of amides is 1. The number of aromatic nitrogens is 3. The first-order valence-electron chi connectivity index (χ1n) is 9.18. The van der Waals surface area contributed by atoms with Crippen LogP contribution in [-0.2, 0) is 7.05 Å². The number of ether oxygens (including phenoxy) is 1. The molecule has 0 spiro atoms. The van der Waals surface area contributed by atoms with Crippen molar-refractivity contribution in [3.8, 4) is 5.75 Å². The van der Waals surface area contributed by atoms with E-state index >= 15 is 0 Å². The van der Waals surface area contributed by atoms with Gasteiger partial charge < -0.3 is 14.5 Å². The lowest BCUT2D eigenvalue weighted by Crippen LogP contribution is -2.49. The number of carbonyl (C=O) groups is 1. The first kappa shape index (κ1) is 19.2. The third-order valence-electron chi connectivity index (χ3n) is 5.10. The highest BCUT2D eigenvalue weighted by molar-refractivity contribution is 6.31. The van der Waals surface area contributed by atoms with Gasteiger partial charge in [-0.15, -0.1) is 0 Å². The third kappa shape index (κ3) is 3.51. The van der Waals surface area contributed by atoms with Crippen molar-refractivity contribution in [1.82, 2.24) is 19.7 Å². The molecule has 0 radical (unpaired) electrons. The zero-order valence-corrected chi connectivity index (χ0v) is 16.9. The van der Waals surface area contributed by atoms with Gasteiger partial charge >= 0.3 is 0 Å². The summed E-state index contributed by atoms with van der Waals surface area (Å²) in [5, 5.41) is 5.59. The summed E-state index contributed by atoms with van der Waals surface area (Å²) in [7, 11) is 3.17. The minimum atomic E-state index is -0.262. The molecule has 2 aromatic heterocycles. The Morgan fingerprint density at radius 3 is 2.62 bits per heavy atom. The highest BCUT2D eigenvalue weighted by Crippen LogP contribution is 2.28. The van der Waals surface area contributed by atoms with Crippen LogP contribution in [0.3, 0.4) is 0 Å². The number of anilines is 1. The first-order chi connectivity index (χ1) is 14.0. The fourth-order valence-electron chi connectivity index (χ4n) is 3.56. The number of hydrogen-bond acceptors (Lipinski definition) is 6. The largest absolute Gasteiger partial charge is 0.494 e. The van der Waals surface area contributed by atoms with Crippen molar-refractivity contribution in [3.05, 3.63) is 57.7 Å². The Hall–Kier alpha value is -3.13. The van der Waals surface area contributed by atoms with E-state index in [1.165, 1.54) is 4.68 Å². The summed E-state index contributed by atoms with van der Waals surface area (Å²) in [5.74, 6) is 0.533. The topological polar surface area (TPSA) is 80.6 Å². The summed E-state index contributed by atoms with van der Waals surface area (Å²) < 4.78 is 6.60. The number of fused-ring (bicyclic) bond motifs is 1. The Labute approximate surface area is 172 Å². The van der Waals surface area contributed by atoms with E-state index in [9.17, 15) is 9.59 Å². The van der Waals surface area contributed by atoms with Crippen molar-refractivity contribution in [2.24, 2.45) is 7.05 Å². The van der Waals surface area contributed by atoms with E-state index < -0.39 is 0 Å². The van der Waals surface area contributed by atoms with E-state index in [-0.39, 0.29) is 17.2 Å². The van der Waals surface area contributed by atoms with Crippen LogP contribution >= 0.6 is 11.6 Å². The number of benzene rings is 1. The Morgan fingerprint density at radius 2 is 1.90 bits per heavy atom. The molecule has 0 unspecified atom stereocenters. The van der Waals surface area contributed by atoms with Crippen LogP contribution in [0, 0.1) is 0 Å². The molecular formula is C20H20ClN5O3. The van der Waals surface area contributed by atoms with Gasteiger partial charge in [0, 0.05) is 55.9 Å². The summed E-state index contributed by atoms with van der Waals surface area (Å²) in [5.41, 5.74) is 0.873. The first-order valence-corrected chi connectivity index (χ1v) is 9.56. The third-order valence-corrected chi connectivity index (χ3v) is 5.34. The number of pyridine rings is 1. The van der Waals surface area contributed by atoms with E-state index in [1.807, 2.05) is 6.07 Å². The molecule has 3 heterocycles. The van der Waals surface area contributed by atoms with Crippen LogP contribution in [0.4, 0.5) is 5.69 Å². The minimum absolute atomic E-state index is 0.217. The molecule has 1 aliphatic heterocycles. The molecule has 0 N–H and O–H groups in total. The molecular weight excluding hydrogens is 394 g/mol. The molecule has 1 aromatic carbocycles. The van der Waals surface area contributed by atoms with Gasteiger partial charge in [0.15, 0.2) is 5.69 Å². The molecule has 0 atom stereocenters. The molecule has 0 saturated carbocycles. The quantitative estimate of drug-likeness (QED) is 0.653. The number of halogens is 1. The predicted octanol–water partition coefficient (Wildman–Crippen LogP) is 1.95. The molecule has 0 bridgehead atoms. The SMILES string of the molecule is COc1ccncc1N1CCN(C(=O)c2nn(C)c(=O)c3ccc(Cl)cc23)CC1. The molecule has 1 amide bonds. The lowest BCUT2D eigenvalue weighted by molar-refractivity contribution is 0.0740. The Bertz CT molecular complexity index is 1140. The van der Waals surface area contributed by atoms with Gasteiger partial charge in [-0.2, -0.15) is 5.10 Å². The van der Waals surface area contributed by atoms with Gasteiger partial charge in [0.2, 0.25) is 0 Å². The maximum Gasteiger partial charge on any atom is 0.275 e. The highest BCUT2D eigenvalue weighted by Gasteiger charge is 2.26. The molecule has 1 saturated heterocycles. The fourth-order valence-corrected chi connectivity index (χ4v) is 3.74. The average Bonchev–Trinajstić information content (AvgIpc) is 2.75. The molecule has 29 heavy (non-hydrogen) atoms. The molecule has 8 nitrogen and oxygen atoms in total. The van der Waals surface area contributed by atoms with Gasteiger partial charge in [-0.25, -0.2) is 4.68 Å². The number of aryl methyl sites for hydroxylation is 1. The fraction of sp³-hybridized carbons (Fsp3) is 0.300. The monoisotopic (exact) mass is 413 g/mol. The normalized spacial score (nSPS) is 14.3. The standard InChI is InChI=1S/C20H20ClN5O3/c1-24-19(27)14-4-3-13(21)11-15(14)18(23-24)20(28)26-9-7-25(8-10-26)16-12-22-6-5-17(16)29-2/h3-6,11-12H,7-10H2,1-2H3. The van der Waals surface area contributed by atoms with Gasteiger partial charge in [0.25, 0.3) is 11.5 Å². The number of rotatable bonds is 3. The van der Waals surface area contributed by atoms with Gasteiger partial charge in [0.05, 0.1) is 24.4 Å². The van der Waals surface area contributed by atoms with Crippen molar-refractivity contribution < 1.29 is 9.53 Å². The van der Waals surface area contributed by atoms with Gasteiger partial charge in [0.1, 0.15) is 5.75 Å². The molecule has 150 valence electrons. The Kier molecular flexibility index (Phi) is 5.10. The molecule has 3 aromatic rings. The Balaban J connectivity index is 1.60. The zero-order valence-electron chi connectivity index (χ0n) is 16.1. The number of hydrogen-bond donors (Lipinski definition) is 0. The molecule has 1 fully saturated rings. The van der Waals surface area contributed by atoms with Crippen molar-refractivity contribution in [2.45, 2.75) is 0 Å². The smallest absolute Gasteiger partial charge is 0.275 e. The second-order valence-electron chi connectivity index (χ2n) is 6.79. The summed E-state index contributed by atoms with van der Waals surface area (Å²) in [6, 6.07) is 6.71.